The lowest BCUT2D eigenvalue weighted by atomic mass is 10.1. The zero-order chi connectivity index (χ0) is 25.6. The van der Waals surface area contributed by atoms with Crippen LogP contribution in [0.1, 0.15) is 22.8 Å². The van der Waals surface area contributed by atoms with Gasteiger partial charge in [0.05, 0.1) is 25.5 Å². The van der Waals surface area contributed by atoms with Crippen LogP contribution in [-0.4, -0.2) is 57.3 Å². The second-order valence-corrected chi connectivity index (χ2v) is 9.55. The molecule has 0 saturated carbocycles. The van der Waals surface area contributed by atoms with E-state index in [1.54, 1.807) is 24.2 Å². The normalized spacial score (nSPS) is 17.7. The predicted molar refractivity (Wildman–Crippen MR) is 147 cm³/mol. The minimum atomic E-state index is -0.0879. The van der Waals surface area contributed by atoms with Gasteiger partial charge in [0, 0.05) is 43.3 Å². The van der Waals surface area contributed by atoms with Crippen LogP contribution in [0.4, 0.5) is 5.69 Å². The molecule has 0 N–H and O–H groups in total. The van der Waals surface area contributed by atoms with E-state index in [1.807, 2.05) is 54.6 Å². The van der Waals surface area contributed by atoms with Gasteiger partial charge in [-0.15, -0.1) is 0 Å². The number of hydrogen-bond donors (Lipinski definition) is 0. The van der Waals surface area contributed by atoms with E-state index >= 15 is 0 Å². The molecule has 0 aromatic heterocycles. The third-order valence-corrected chi connectivity index (χ3v) is 7.17. The molecule has 37 heavy (non-hydrogen) atoms. The van der Waals surface area contributed by atoms with Gasteiger partial charge >= 0.3 is 0 Å². The van der Waals surface area contributed by atoms with E-state index in [0.717, 1.165) is 42.9 Å². The molecule has 1 fully saturated rings. The molecule has 2 aliphatic heterocycles. The lowest BCUT2D eigenvalue weighted by molar-refractivity contribution is -0.114. The highest BCUT2D eigenvalue weighted by Gasteiger charge is 2.26. The predicted octanol–water partition coefficient (Wildman–Crippen LogP) is 5.40. The van der Waals surface area contributed by atoms with Crippen molar-refractivity contribution in [2.45, 2.75) is 12.5 Å². The Kier molecular flexibility index (Phi) is 8.09. The highest BCUT2D eigenvalue weighted by Crippen LogP contribution is 2.39. The van der Waals surface area contributed by atoms with Gasteiger partial charge in [-0.2, -0.15) is 0 Å². The fraction of sp³-hybridized carbons (Fsp3) is 0.300. The zero-order valence-corrected chi connectivity index (χ0v) is 21.7. The van der Waals surface area contributed by atoms with E-state index in [1.165, 1.54) is 5.56 Å². The van der Waals surface area contributed by atoms with Gasteiger partial charge in [-0.3, -0.25) is 9.69 Å². The molecule has 1 saturated heterocycles. The Labute approximate surface area is 223 Å². The number of carbonyl (C=O) groups is 1. The first-order chi connectivity index (χ1) is 18.1. The summed E-state index contributed by atoms with van der Waals surface area (Å²) in [6, 6.07) is 21.7. The lowest BCUT2D eigenvalue weighted by Gasteiger charge is -2.33. The Bertz CT molecular complexity index is 1260. The number of nitrogens with zero attached hydrogens (tertiary/aromatic N) is 2. The molecule has 5 rings (SSSR count). The minimum Gasteiger partial charge on any atom is -0.493 e. The van der Waals surface area contributed by atoms with Crippen molar-refractivity contribution in [3.05, 3.63) is 94.5 Å². The summed E-state index contributed by atoms with van der Waals surface area (Å²) in [5, 5.41) is 0.615. The van der Waals surface area contributed by atoms with Crippen molar-refractivity contribution in [2.24, 2.45) is 0 Å². The van der Waals surface area contributed by atoms with Crippen LogP contribution in [0.15, 0.2) is 72.8 Å². The first-order valence-electron chi connectivity index (χ1n) is 12.6. The Hall–Kier alpha value is -3.32. The summed E-state index contributed by atoms with van der Waals surface area (Å²) in [5.74, 6) is 1.24. The molecule has 2 aliphatic rings. The second-order valence-electron chi connectivity index (χ2n) is 9.15. The highest BCUT2D eigenvalue weighted by molar-refractivity contribution is 6.32. The van der Waals surface area contributed by atoms with Crippen molar-refractivity contribution in [1.82, 2.24) is 4.90 Å². The number of amides is 1. The maximum atomic E-state index is 13.0. The topological polar surface area (TPSA) is 51.2 Å². The van der Waals surface area contributed by atoms with Crippen LogP contribution in [0.5, 0.6) is 11.5 Å². The molecule has 0 radical (unpaired) electrons. The van der Waals surface area contributed by atoms with Crippen LogP contribution in [0.3, 0.4) is 0 Å². The smallest absolute Gasteiger partial charge is 0.251 e. The van der Waals surface area contributed by atoms with Gasteiger partial charge in [0.15, 0.2) is 11.5 Å². The molecule has 192 valence electrons. The number of ether oxygens (including phenoxy) is 3. The summed E-state index contributed by atoms with van der Waals surface area (Å²) in [7, 11) is 1.64. The third-order valence-electron chi connectivity index (χ3n) is 6.82. The Morgan fingerprint density at radius 2 is 1.89 bits per heavy atom. The summed E-state index contributed by atoms with van der Waals surface area (Å²) in [4.78, 5) is 17.2. The molecule has 2 heterocycles. The molecule has 1 unspecified atom stereocenters. The average Bonchev–Trinajstić information content (AvgIpc) is 3.35. The van der Waals surface area contributed by atoms with Gasteiger partial charge < -0.3 is 19.1 Å². The molecule has 3 aromatic rings. The molecule has 1 atom stereocenters. The van der Waals surface area contributed by atoms with E-state index < -0.39 is 0 Å². The van der Waals surface area contributed by atoms with Gasteiger partial charge in [-0.1, -0.05) is 60.1 Å². The van der Waals surface area contributed by atoms with Crippen LogP contribution < -0.4 is 14.4 Å². The van der Waals surface area contributed by atoms with Crippen LogP contribution >= 0.6 is 11.6 Å². The summed E-state index contributed by atoms with van der Waals surface area (Å²) < 4.78 is 17.8. The van der Waals surface area contributed by atoms with Crippen molar-refractivity contribution >= 4 is 29.3 Å². The van der Waals surface area contributed by atoms with E-state index in [0.29, 0.717) is 36.3 Å². The summed E-state index contributed by atoms with van der Waals surface area (Å²) in [6.07, 6.45) is 4.17. The first-order valence-corrected chi connectivity index (χ1v) is 13.0. The fourth-order valence-electron chi connectivity index (χ4n) is 4.82. The average molecular weight is 519 g/mol. The number of halogens is 1. The number of hydrogen-bond acceptors (Lipinski definition) is 5. The van der Waals surface area contributed by atoms with Crippen LogP contribution in [0, 0.1) is 0 Å². The zero-order valence-electron chi connectivity index (χ0n) is 20.9. The molecule has 0 spiro atoms. The van der Waals surface area contributed by atoms with Crippen LogP contribution in [0.25, 0.3) is 6.08 Å². The second kappa shape index (κ2) is 11.8. The maximum absolute atomic E-state index is 13.0. The Morgan fingerprint density at radius 1 is 1.08 bits per heavy atom. The van der Waals surface area contributed by atoms with Crippen molar-refractivity contribution in [2.75, 3.05) is 51.4 Å². The van der Waals surface area contributed by atoms with E-state index in [2.05, 4.69) is 17.0 Å². The lowest BCUT2D eigenvalue weighted by Crippen LogP contribution is -2.40. The van der Waals surface area contributed by atoms with Crippen molar-refractivity contribution in [1.29, 1.82) is 0 Å². The highest BCUT2D eigenvalue weighted by atomic mass is 35.5. The van der Waals surface area contributed by atoms with E-state index in [-0.39, 0.29) is 12.0 Å². The molecule has 6 nitrogen and oxygen atoms in total. The number of anilines is 1. The number of methoxy groups -OCH3 is 1. The number of carbonyl (C=O) groups excluding carboxylic acids is 1. The molecular weight excluding hydrogens is 488 g/mol. The maximum Gasteiger partial charge on any atom is 0.251 e. The standard InChI is InChI=1S/C30H31ClN2O4/c1-35-27-19-24-13-14-33(30(34)12-11-22-7-5-6-10-25(22)31)26(24)20-28(27)36-17-15-32-16-18-37-29(21-32)23-8-3-2-4-9-23/h2-12,19-20,29H,13-18,21H2,1H3/b12-11+. The van der Waals surface area contributed by atoms with Gasteiger partial charge in [0.1, 0.15) is 6.61 Å². The van der Waals surface area contributed by atoms with Gasteiger partial charge in [0.25, 0.3) is 5.91 Å². The largest absolute Gasteiger partial charge is 0.493 e. The first kappa shape index (κ1) is 25.3. The third kappa shape index (κ3) is 5.99. The molecular formula is C30H31ClN2O4. The van der Waals surface area contributed by atoms with E-state index in [4.69, 9.17) is 25.8 Å². The quantitative estimate of drug-likeness (QED) is 0.373. The van der Waals surface area contributed by atoms with Crippen molar-refractivity contribution in [3.63, 3.8) is 0 Å². The molecule has 7 heteroatoms. The monoisotopic (exact) mass is 518 g/mol. The number of morpholine rings is 1. The summed E-state index contributed by atoms with van der Waals surface area (Å²) >= 11 is 6.23. The van der Waals surface area contributed by atoms with E-state index in [9.17, 15) is 4.79 Å². The van der Waals surface area contributed by atoms with Crippen LogP contribution in [-0.2, 0) is 16.0 Å². The molecule has 1 amide bonds. The molecule has 0 bridgehead atoms. The van der Waals surface area contributed by atoms with Crippen LogP contribution in [0.2, 0.25) is 5.02 Å². The SMILES string of the molecule is COc1cc2c(cc1OCCN1CCOC(c3ccccc3)C1)N(C(=O)/C=C/c1ccccc1Cl)CC2. The Morgan fingerprint density at radius 3 is 2.70 bits per heavy atom. The Balaban J connectivity index is 1.23. The number of rotatable bonds is 8. The minimum absolute atomic E-state index is 0.0721. The van der Waals surface area contributed by atoms with Crippen molar-refractivity contribution < 1.29 is 19.0 Å². The van der Waals surface area contributed by atoms with Crippen molar-refractivity contribution in [3.8, 4) is 11.5 Å². The number of benzene rings is 3. The van der Waals surface area contributed by atoms with Gasteiger partial charge in [0.2, 0.25) is 0 Å². The summed E-state index contributed by atoms with van der Waals surface area (Å²) in [5.41, 5.74) is 3.94. The van der Waals surface area contributed by atoms with Gasteiger partial charge in [-0.05, 0) is 41.3 Å². The number of fused-ring (bicyclic) bond motifs is 1. The van der Waals surface area contributed by atoms with Gasteiger partial charge in [-0.25, -0.2) is 0 Å². The fourth-order valence-corrected chi connectivity index (χ4v) is 5.02. The molecule has 3 aromatic carbocycles. The summed E-state index contributed by atoms with van der Waals surface area (Å²) in [6.45, 7) is 4.29. The molecule has 0 aliphatic carbocycles.